The van der Waals surface area contributed by atoms with Crippen LogP contribution in [0.1, 0.15) is 34.8 Å². The third-order valence-electron chi connectivity index (χ3n) is 7.55. The van der Waals surface area contributed by atoms with E-state index in [1.807, 2.05) is 36.4 Å². The molecule has 0 saturated carbocycles. The molecule has 0 aromatic heterocycles. The minimum atomic E-state index is -1.50. The Bertz CT molecular complexity index is 1590. The maximum atomic E-state index is 14.7. The Balaban J connectivity index is 1.66. The number of carbonyl (C=O) groups excluding carboxylic acids is 1. The van der Waals surface area contributed by atoms with Gasteiger partial charge >= 0.3 is 0 Å². The molecule has 3 aromatic carbocycles. The van der Waals surface area contributed by atoms with Gasteiger partial charge in [0.2, 0.25) is 5.90 Å². The topological polar surface area (TPSA) is 178 Å². The molecule has 0 bridgehead atoms. The minimum absolute atomic E-state index is 0.0351. The van der Waals surface area contributed by atoms with Crippen molar-refractivity contribution in [1.29, 1.82) is 0 Å². The number of rotatable bonds is 12. The maximum absolute atomic E-state index is 14.7. The number of ether oxygens (including phenoxy) is 3. The number of nitrogens with zero attached hydrogens (tertiary/aromatic N) is 8. The molecule has 0 spiro atoms. The highest BCUT2D eigenvalue weighted by Crippen LogP contribution is 2.45. The van der Waals surface area contributed by atoms with Gasteiger partial charge in [-0.3, -0.25) is 4.79 Å². The van der Waals surface area contributed by atoms with Crippen LogP contribution in [0.2, 0.25) is 0 Å². The van der Waals surface area contributed by atoms with Gasteiger partial charge in [0.15, 0.2) is 11.6 Å². The Morgan fingerprint density at radius 1 is 1.02 bits per heavy atom. The summed E-state index contributed by atoms with van der Waals surface area (Å²) in [4.78, 5) is 27.5. The van der Waals surface area contributed by atoms with E-state index in [1.54, 1.807) is 41.3 Å². The molecule has 0 unspecified atom stereocenters. The van der Waals surface area contributed by atoms with Crippen molar-refractivity contribution in [1.82, 2.24) is 4.90 Å². The van der Waals surface area contributed by atoms with E-state index in [-0.39, 0.29) is 31.4 Å². The lowest BCUT2D eigenvalue weighted by Gasteiger charge is -2.37. The van der Waals surface area contributed by atoms with Crippen LogP contribution in [-0.4, -0.2) is 66.9 Å². The van der Waals surface area contributed by atoms with Gasteiger partial charge < -0.3 is 24.2 Å². The van der Waals surface area contributed by atoms with Crippen LogP contribution in [0.15, 0.2) is 88.0 Å². The molecule has 2 aliphatic heterocycles. The number of hydrogen-bond acceptors (Lipinski definition) is 8. The van der Waals surface area contributed by atoms with E-state index in [0.717, 1.165) is 0 Å². The third-order valence-corrected chi connectivity index (χ3v) is 7.55. The van der Waals surface area contributed by atoms with Crippen molar-refractivity contribution < 1.29 is 24.1 Å². The third kappa shape index (κ3) is 6.61. The van der Waals surface area contributed by atoms with E-state index >= 15 is 0 Å². The summed E-state index contributed by atoms with van der Waals surface area (Å²) in [6.07, 6.45) is -0.319. The monoisotopic (exact) mass is 596 g/mol. The first kappa shape index (κ1) is 30.4. The zero-order chi connectivity index (χ0) is 30.8. The van der Waals surface area contributed by atoms with Crippen molar-refractivity contribution in [3.05, 3.63) is 116 Å². The summed E-state index contributed by atoms with van der Waals surface area (Å²) in [6.45, 7) is 2.02. The molecule has 2 aliphatic rings. The summed E-state index contributed by atoms with van der Waals surface area (Å²) in [5.74, 6) is 0.633. The molecule has 0 aliphatic carbocycles. The number of aliphatic hydroxyl groups is 1. The normalized spacial score (nSPS) is 19.2. The molecule has 13 nitrogen and oxygen atoms in total. The van der Waals surface area contributed by atoms with E-state index in [2.05, 4.69) is 20.1 Å². The zero-order valence-corrected chi connectivity index (χ0v) is 24.0. The fraction of sp³-hybridized carbons (Fsp3) is 0.355. The number of benzene rings is 3. The van der Waals surface area contributed by atoms with Gasteiger partial charge in [-0.15, -0.1) is 0 Å². The molecule has 2 heterocycles. The second-order valence-electron chi connectivity index (χ2n) is 10.3. The van der Waals surface area contributed by atoms with E-state index in [1.165, 1.54) is 0 Å². The molecular weight excluding hydrogens is 564 g/mol. The average Bonchev–Trinajstić information content (AvgIpc) is 3.45. The Labute approximate surface area is 253 Å². The van der Waals surface area contributed by atoms with Crippen molar-refractivity contribution in [3.63, 3.8) is 0 Å². The number of hydrogen-bond donors (Lipinski definition) is 1. The van der Waals surface area contributed by atoms with Gasteiger partial charge in [-0.1, -0.05) is 58.8 Å². The first-order valence-electron chi connectivity index (χ1n) is 14.3. The van der Waals surface area contributed by atoms with Crippen LogP contribution in [0, 0.1) is 0 Å². The average molecular weight is 597 g/mol. The zero-order valence-electron chi connectivity index (χ0n) is 24.0. The van der Waals surface area contributed by atoms with Crippen molar-refractivity contribution in [2.75, 3.05) is 39.5 Å². The SMILES string of the molecule is [N-]=[N+]=NCc1ccccc1[C@H]1OC(c2ccc(OCCCO)cc2)=N[C@@]1(Cc1ccccc1N=[N+]=[N-])C(=O)N1CCOCC1. The first-order chi connectivity index (χ1) is 21.6. The molecule has 5 rings (SSSR count). The highest BCUT2D eigenvalue weighted by Gasteiger charge is 2.55. The fourth-order valence-electron chi connectivity index (χ4n) is 5.42. The predicted molar refractivity (Wildman–Crippen MR) is 162 cm³/mol. The van der Waals surface area contributed by atoms with Crippen molar-refractivity contribution in [2.24, 2.45) is 15.2 Å². The first-order valence-corrected chi connectivity index (χ1v) is 14.3. The van der Waals surface area contributed by atoms with Gasteiger partial charge in [0.1, 0.15) is 5.75 Å². The maximum Gasteiger partial charge on any atom is 0.255 e. The molecule has 1 N–H and O–H groups in total. The lowest BCUT2D eigenvalue weighted by molar-refractivity contribution is -0.143. The van der Waals surface area contributed by atoms with Crippen molar-refractivity contribution >= 4 is 17.5 Å². The molecule has 13 heteroatoms. The van der Waals surface area contributed by atoms with Crippen molar-refractivity contribution in [3.8, 4) is 5.75 Å². The molecule has 1 amide bonds. The number of morpholine rings is 1. The molecule has 0 radical (unpaired) electrons. The van der Waals surface area contributed by atoms with Gasteiger partial charge in [0, 0.05) is 53.6 Å². The standard InChI is InChI=1S/C31H32N8O5/c32-37-34-21-24-7-1-3-8-26(24)28-31(30(41)39-14-18-42-19-15-39,20-23-6-2-4-9-27(23)36-38-33)35-29(44-28)22-10-12-25(13-11-22)43-17-5-16-40/h1-4,6-13,28,40H,5,14-21H2/t28-,31-/m1/s1. The van der Waals surface area contributed by atoms with Gasteiger partial charge in [-0.05, 0) is 52.0 Å². The van der Waals surface area contributed by atoms with Gasteiger partial charge in [-0.2, -0.15) is 0 Å². The summed E-state index contributed by atoms with van der Waals surface area (Å²) in [7, 11) is 0. The van der Waals surface area contributed by atoms with Crippen LogP contribution < -0.4 is 4.74 Å². The number of amides is 1. The van der Waals surface area contributed by atoms with E-state index < -0.39 is 11.6 Å². The quantitative estimate of drug-likeness (QED) is 0.124. The minimum Gasteiger partial charge on any atom is -0.494 e. The summed E-state index contributed by atoms with van der Waals surface area (Å²) >= 11 is 0. The Morgan fingerprint density at radius 3 is 2.48 bits per heavy atom. The molecule has 3 aromatic rings. The van der Waals surface area contributed by atoms with E-state index in [9.17, 15) is 10.3 Å². The fourth-order valence-corrected chi connectivity index (χ4v) is 5.42. The number of aliphatic imine (C=N–C) groups is 1. The predicted octanol–water partition coefficient (Wildman–Crippen LogP) is 5.56. The number of azide groups is 2. The summed E-state index contributed by atoms with van der Waals surface area (Å²) < 4.78 is 17.9. The lowest BCUT2D eigenvalue weighted by Crippen LogP contribution is -2.54. The molecule has 1 saturated heterocycles. The molecule has 226 valence electrons. The number of aliphatic hydroxyl groups excluding tert-OH is 1. The smallest absolute Gasteiger partial charge is 0.255 e. The molecule has 2 atom stereocenters. The Kier molecular flexibility index (Phi) is 9.96. The summed E-state index contributed by atoms with van der Waals surface area (Å²) in [6, 6.07) is 21.6. The van der Waals surface area contributed by atoms with E-state index in [0.29, 0.717) is 73.0 Å². The summed E-state index contributed by atoms with van der Waals surface area (Å²) in [5.41, 5.74) is 19.8. The Morgan fingerprint density at radius 2 is 1.75 bits per heavy atom. The second-order valence-corrected chi connectivity index (χ2v) is 10.3. The largest absolute Gasteiger partial charge is 0.494 e. The van der Waals surface area contributed by atoms with Gasteiger partial charge in [0.05, 0.1) is 26.4 Å². The van der Waals surface area contributed by atoms with Crippen LogP contribution >= 0.6 is 0 Å². The molecular formula is C31H32N8O5. The van der Waals surface area contributed by atoms with Crippen LogP contribution in [0.4, 0.5) is 5.69 Å². The second kappa shape index (κ2) is 14.4. The molecule has 1 fully saturated rings. The molecule has 44 heavy (non-hydrogen) atoms. The van der Waals surface area contributed by atoms with Gasteiger partial charge in [-0.25, -0.2) is 4.99 Å². The van der Waals surface area contributed by atoms with Crippen LogP contribution in [0.3, 0.4) is 0 Å². The highest BCUT2D eigenvalue weighted by atomic mass is 16.5. The number of carbonyl (C=O) groups is 1. The van der Waals surface area contributed by atoms with Gasteiger partial charge in [0.25, 0.3) is 5.91 Å². The van der Waals surface area contributed by atoms with Crippen LogP contribution in [0.5, 0.6) is 5.75 Å². The Hall–Kier alpha value is -5.06. The van der Waals surface area contributed by atoms with Crippen molar-refractivity contribution in [2.45, 2.75) is 31.0 Å². The summed E-state index contributed by atoms with van der Waals surface area (Å²) in [5, 5.41) is 16.7. The van der Waals surface area contributed by atoms with Crippen LogP contribution in [0.25, 0.3) is 20.9 Å². The van der Waals surface area contributed by atoms with E-state index in [4.69, 9.17) is 29.8 Å². The van der Waals surface area contributed by atoms with Crippen LogP contribution in [-0.2, 0) is 27.2 Å². The highest BCUT2D eigenvalue weighted by molar-refractivity contribution is 6.01. The lowest BCUT2D eigenvalue weighted by atomic mass is 9.79.